The second-order valence-electron chi connectivity index (χ2n) is 8.86. The highest BCUT2D eigenvalue weighted by Crippen LogP contribution is 2.25. The Morgan fingerprint density at radius 1 is 1.33 bits per heavy atom. The van der Waals surface area contributed by atoms with E-state index in [0.29, 0.717) is 29.0 Å². The Labute approximate surface area is 205 Å². The van der Waals surface area contributed by atoms with Crippen molar-refractivity contribution in [2.75, 3.05) is 25.9 Å². The van der Waals surface area contributed by atoms with E-state index < -0.39 is 15.2 Å². The third-order valence-corrected chi connectivity index (χ3v) is 8.41. The van der Waals surface area contributed by atoms with Gasteiger partial charge in [-0.1, -0.05) is 11.6 Å². The zero-order chi connectivity index (χ0) is 24.2. The average molecular weight is 513 g/mol. The fourth-order valence-electron chi connectivity index (χ4n) is 4.41. The monoisotopic (exact) mass is 512 g/mol. The van der Waals surface area contributed by atoms with E-state index in [1.54, 1.807) is 13.0 Å². The van der Waals surface area contributed by atoms with E-state index in [-0.39, 0.29) is 11.9 Å². The second-order valence-corrected chi connectivity index (χ2v) is 12.2. The van der Waals surface area contributed by atoms with Gasteiger partial charge in [0.15, 0.2) is 9.84 Å². The summed E-state index contributed by atoms with van der Waals surface area (Å²) in [7, 11) is -3.24. The number of amides is 1. The topological polar surface area (TPSA) is 91.4 Å². The maximum Gasteiger partial charge on any atom is 0.253 e. The Morgan fingerprint density at radius 2 is 2.03 bits per heavy atom. The fourth-order valence-corrected chi connectivity index (χ4v) is 6.55. The lowest BCUT2D eigenvalue weighted by Crippen LogP contribution is -2.48. The van der Waals surface area contributed by atoms with Crippen LogP contribution in [0.5, 0.6) is 0 Å². The van der Waals surface area contributed by atoms with Gasteiger partial charge in [0.05, 0.1) is 11.3 Å². The number of nitrogens with zero attached hydrogens (tertiary/aromatic N) is 2. The number of halogens is 1. The molecule has 10 heteroatoms. The molecule has 1 aliphatic heterocycles. The summed E-state index contributed by atoms with van der Waals surface area (Å²) in [5, 5.41) is 9.93. The first-order valence-electron chi connectivity index (χ1n) is 11.2. The van der Waals surface area contributed by atoms with Gasteiger partial charge in [0, 0.05) is 24.9 Å². The van der Waals surface area contributed by atoms with Crippen LogP contribution in [0.4, 0.5) is 0 Å². The van der Waals surface area contributed by atoms with Crippen LogP contribution in [0.25, 0.3) is 0 Å². The number of likely N-dealkylation sites (tertiary alicyclic amines) is 1. The SMILES string of the molecule is Cc1cc(Cl)nc(C)c1C(=O)NCC[C@@H](C)N1CCC(NC(c2ccsc2)S(C)(=O)=O)CC1. The average Bonchev–Trinajstić information content (AvgIpc) is 3.25. The summed E-state index contributed by atoms with van der Waals surface area (Å²) in [5.74, 6) is -0.121. The summed E-state index contributed by atoms with van der Waals surface area (Å²) in [6.45, 7) is 8.20. The molecule has 0 bridgehead atoms. The third kappa shape index (κ3) is 6.99. The molecule has 0 aromatic carbocycles. The summed E-state index contributed by atoms with van der Waals surface area (Å²) in [4.78, 5) is 19.2. The maximum absolute atomic E-state index is 12.6. The van der Waals surface area contributed by atoms with Gasteiger partial charge in [0.2, 0.25) is 0 Å². The molecule has 1 fully saturated rings. The minimum Gasteiger partial charge on any atom is -0.352 e. The molecule has 0 aliphatic carbocycles. The molecule has 0 radical (unpaired) electrons. The number of carbonyl (C=O) groups is 1. The van der Waals surface area contributed by atoms with Crippen LogP contribution in [0, 0.1) is 13.8 Å². The first-order chi connectivity index (χ1) is 15.6. The Hall–Kier alpha value is -1.52. The molecule has 182 valence electrons. The van der Waals surface area contributed by atoms with E-state index in [0.717, 1.165) is 43.5 Å². The van der Waals surface area contributed by atoms with Crippen molar-refractivity contribution in [3.8, 4) is 0 Å². The lowest BCUT2D eigenvalue weighted by Gasteiger charge is -2.37. The van der Waals surface area contributed by atoms with E-state index in [1.165, 1.54) is 17.6 Å². The van der Waals surface area contributed by atoms with Gasteiger partial charge in [-0.2, -0.15) is 11.3 Å². The molecule has 3 rings (SSSR count). The number of hydrogen-bond donors (Lipinski definition) is 2. The molecule has 7 nitrogen and oxygen atoms in total. The van der Waals surface area contributed by atoms with Gasteiger partial charge >= 0.3 is 0 Å². The smallest absolute Gasteiger partial charge is 0.253 e. The summed E-state index contributed by atoms with van der Waals surface area (Å²) in [5.41, 5.74) is 2.86. The molecule has 2 aromatic heterocycles. The number of aryl methyl sites for hydroxylation is 2. The van der Waals surface area contributed by atoms with Crippen molar-refractivity contribution in [3.05, 3.63) is 50.4 Å². The number of thiophene rings is 1. The van der Waals surface area contributed by atoms with Crippen LogP contribution in [0.15, 0.2) is 22.9 Å². The summed E-state index contributed by atoms with van der Waals surface area (Å²) < 4.78 is 24.6. The van der Waals surface area contributed by atoms with Crippen LogP contribution in [-0.2, 0) is 9.84 Å². The first-order valence-corrected chi connectivity index (χ1v) is 14.5. The quantitative estimate of drug-likeness (QED) is 0.497. The lowest BCUT2D eigenvalue weighted by atomic mass is 10.0. The van der Waals surface area contributed by atoms with Crippen LogP contribution < -0.4 is 10.6 Å². The van der Waals surface area contributed by atoms with Gasteiger partial charge in [0.1, 0.15) is 10.5 Å². The first kappa shape index (κ1) is 26.1. The predicted molar refractivity (Wildman–Crippen MR) is 135 cm³/mol. The molecule has 33 heavy (non-hydrogen) atoms. The molecule has 1 unspecified atom stereocenters. The summed E-state index contributed by atoms with van der Waals surface area (Å²) in [6.07, 6.45) is 3.91. The van der Waals surface area contributed by atoms with Gasteiger partial charge in [-0.3, -0.25) is 10.1 Å². The van der Waals surface area contributed by atoms with Gasteiger partial charge < -0.3 is 10.2 Å². The third-order valence-electron chi connectivity index (χ3n) is 6.26. The number of pyridine rings is 1. The van der Waals surface area contributed by atoms with Crippen LogP contribution in [-0.4, -0.2) is 62.2 Å². The summed E-state index contributed by atoms with van der Waals surface area (Å²) in [6, 6.07) is 4.06. The molecular weight excluding hydrogens is 480 g/mol. The minimum absolute atomic E-state index is 0.121. The van der Waals surface area contributed by atoms with Gasteiger partial charge in [-0.15, -0.1) is 0 Å². The molecule has 2 N–H and O–H groups in total. The van der Waals surface area contributed by atoms with E-state index in [4.69, 9.17) is 11.6 Å². The molecule has 2 atom stereocenters. The van der Waals surface area contributed by atoms with Crippen molar-refractivity contribution < 1.29 is 13.2 Å². The molecule has 0 spiro atoms. The van der Waals surface area contributed by atoms with Crippen LogP contribution >= 0.6 is 22.9 Å². The molecular formula is C23H33ClN4O3S2. The fraction of sp³-hybridized carbons (Fsp3) is 0.565. The van der Waals surface area contributed by atoms with E-state index >= 15 is 0 Å². The number of rotatable bonds is 9. The van der Waals surface area contributed by atoms with Crippen molar-refractivity contribution in [2.24, 2.45) is 0 Å². The van der Waals surface area contributed by atoms with Gasteiger partial charge in [-0.25, -0.2) is 13.4 Å². The number of hydrogen-bond acceptors (Lipinski definition) is 7. The predicted octanol–water partition coefficient (Wildman–Crippen LogP) is 3.72. The highest BCUT2D eigenvalue weighted by molar-refractivity contribution is 7.90. The highest BCUT2D eigenvalue weighted by Gasteiger charge is 2.29. The second kappa shape index (κ2) is 11.3. The van der Waals surface area contributed by atoms with E-state index in [2.05, 4.69) is 27.4 Å². The number of aromatic nitrogens is 1. The molecule has 1 saturated heterocycles. The Bertz CT molecular complexity index is 1030. The molecule has 1 amide bonds. The Balaban J connectivity index is 1.46. The standard InChI is InChI=1S/C23H33ClN4O3S2/c1-15-13-20(24)26-17(3)21(15)22(29)25-9-5-16(2)28-10-6-19(7-11-28)27-23(33(4,30)31)18-8-12-32-14-18/h8,12-14,16,19,23,27H,5-7,9-11H2,1-4H3,(H,25,29)/t16-,23?/m1/s1. The Morgan fingerprint density at radius 3 is 2.61 bits per heavy atom. The van der Waals surface area contributed by atoms with Crippen molar-refractivity contribution in [1.29, 1.82) is 0 Å². The normalized spacial score (nSPS) is 17.6. The van der Waals surface area contributed by atoms with Crippen molar-refractivity contribution >= 4 is 38.7 Å². The van der Waals surface area contributed by atoms with Crippen molar-refractivity contribution in [1.82, 2.24) is 20.5 Å². The van der Waals surface area contributed by atoms with Crippen LogP contribution in [0.1, 0.15) is 58.7 Å². The minimum atomic E-state index is -3.24. The summed E-state index contributed by atoms with van der Waals surface area (Å²) >= 11 is 7.47. The van der Waals surface area contributed by atoms with E-state index in [1.807, 2.05) is 23.8 Å². The molecule has 0 saturated carbocycles. The van der Waals surface area contributed by atoms with Crippen LogP contribution in [0.3, 0.4) is 0 Å². The molecule has 3 heterocycles. The highest BCUT2D eigenvalue weighted by atomic mass is 35.5. The number of nitrogens with one attached hydrogen (secondary N) is 2. The molecule has 1 aliphatic rings. The maximum atomic E-state index is 12.6. The van der Waals surface area contributed by atoms with Crippen molar-refractivity contribution in [3.63, 3.8) is 0 Å². The lowest BCUT2D eigenvalue weighted by molar-refractivity contribution is 0.0942. The Kier molecular flexibility index (Phi) is 8.91. The largest absolute Gasteiger partial charge is 0.352 e. The number of carbonyl (C=O) groups excluding carboxylic acids is 1. The zero-order valence-corrected chi connectivity index (χ0v) is 22.0. The van der Waals surface area contributed by atoms with E-state index in [9.17, 15) is 13.2 Å². The number of sulfone groups is 1. The molecule has 2 aromatic rings. The van der Waals surface area contributed by atoms with Gasteiger partial charge in [-0.05, 0) is 87.1 Å². The van der Waals surface area contributed by atoms with Gasteiger partial charge in [0.25, 0.3) is 5.91 Å². The number of piperidine rings is 1. The van der Waals surface area contributed by atoms with Crippen molar-refractivity contribution in [2.45, 2.75) is 57.5 Å². The zero-order valence-electron chi connectivity index (χ0n) is 19.6. The van der Waals surface area contributed by atoms with Crippen LogP contribution in [0.2, 0.25) is 5.15 Å².